The maximum atomic E-state index is 13.4. The van der Waals surface area contributed by atoms with Gasteiger partial charge in [0.15, 0.2) is 11.6 Å². The van der Waals surface area contributed by atoms with Gasteiger partial charge in [0.1, 0.15) is 0 Å². The Bertz CT molecular complexity index is 709. The van der Waals surface area contributed by atoms with E-state index in [0.29, 0.717) is 19.0 Å². The van der Waals surface area contributed by atoms with Gasteiger partial charge in [0.2, 0.25) is 15.9 Å². The highest BCUT2D eigenvalue weighted by Crippen LogP contribution is 2.22. The fourth-order valence-corrected chi connectivity index (χ4v) is 3.82. The Kier molecular flexibility index (Phi) is 5.79. The fourth-order valence-electron chi connectivity index (χ4n) is 2.90. The highest BCUT2D eigenvalue weighted by Gasteiger charge is 2.24. The van der Waals surface area contributed by atoms with E-state index in [2.05, 4.69) is 6.92 Å². The predicted octanol–water partition coefficient (Wildman–Crippen LogP) is 2.38. The second kappa shape index (κ2) is 7.46. The molecule has 0 spiro atoms. The monoisotopic (exact) mass is 360 g/mol. The third kappa shape index (κ3) is 4.66. The normalized spacial score (nSPS) is 18.5. The molecule has 1 heterocycles. The van der Waals surface area contributed by atoms with E-state index in [4.69, 9.17) is 0 Å². The molecule has 0 radical (unpaired) electrons. The lowest BCUT2D eigenvalue weighted by Crippen LogP contribution is -2.41. The fraction of sp³-hybridized carbons (Fsp3) is 0.562. The van der Waals surface area contributed by atoms with Crippen molar-refractivity contribution in [3.63, 3.8) is 0 Å². The number of hydrogen-bond acceptors (Lipinski definition) is 3. The van der Waals surface area contributed by atoms with Crippen molar-refractivity contribution >= 4 is 21.6 Å². The van der Waals surface area contributed by atoms with Crippen LogP contribution in [0, 0.1) is 17.6 Å². The zero-order chi connectivity index (χ0) is 17.9. The van der Waals surface area contributed by atoms with E-state index in [-0.39, 0.29) is 24.6 Å². The molecule has 0 N–H and O–H groups in total. The van der Waals surface area contributed by atoms with Gasteiger partial charge in [-0.25, -0.2) is 17.2 Å². The number of likely N-dealkylation sites (tertiary alicyclic amines) is 1. The minimum Gasteiger partial charge on any atom is -0.342 e. The Morgan fingerprint density at radius 1 is 1.33 bits per heavy atom. The van der Waals surface area contributed by atoms with Crippen LogP contribution in [0.3, 0.4) is 0 Å². The van der Waals surface area contributed by atoms with E-state index in [1.165, 1.54) is 6.07 Å². The van der Waals surface area contributed by atoms with Crippen LogP contribution >= 0.6 is 0 Å². The van der Waals surface area contributed by atoms with Gasteiger partial charge in [-0.05, 0) is 30.9 Å². The zero-order valence-corrected chi connectivity index (χ0v) is 14.7. The number of nitrogens with zero attached hydrogens (tertiary/aromatic N) is 2. The average Bonchev–Trinajstić information content (AvgIpc) is 2.49. The standard InChI is InChI=1S/C16H22F2N2O3S/c1-12-4-3-8-19(11-12)16(21)7-9-20(24(2,22)23)13-5-6-14(17)15(18)10-13/h5-6,10,12H,3-4,7-9,11H2,1-2H3. The molecule has 0 aliphatic carbocycles. The second-order valence-corrected chi connectivity index (χ2v) is 8.18. The molecule has 1 aromatic rings. The van der Waals surface area contributed by atoms with Gasteiger partial charge in [0, 0.05) is 32.1 Å². The molecule has 0 aromatic heterocycles. The molecular weight excluding hydrogens is 338 g/mol. The van der Waals surface area contributed by atoms with Crippen molar-refractivity contribution in [2.45, 2.75) is 26.2 Å². The van der Waals surface area contributed by atoms with E-state index in [1.807, 2.05) is 0 Å². The van der Waals surface area contributed by atoms with Gasteiger partial charge in [0.25, 0.3) is 0 Å². The lowest BCUT2D eigenvalue weighted by atomic mass is 10.00. The van der Waals surface area contributed by atoms with Crippen LogP contribution in [0.1, 0.15) is 26.2 Å². The summed E-state index contributed by atoms with van der Waals surface area (Å²) in [6.07, 6.45) is 2.99. The van der Waals surface area contributed by atoms with Crippen LogP contribution in [-0.2, 0) is 14.8 Å². The SMILES string of the molecule is CC1CCCN(C(=O)CCN(c2ccc(F)c(F)c2)S(C)(=O)=O)C1. The summed E-state index contributed by atoms with van der Waals surface area (Å²) in [5.74, 6) is -1.87. The highest BCUT2D eigenvalue weighted by molar-refractivity contribution is 7.92. The number of carbonyl (C=O) groups excluding carboxylic acids is 1. The van der Waals surface area contributed by atoms with Crippen LogP contribution in [0.5, 0.6) is 0 Å². The first-order valence-corrected chi connectivity index (χ1v) is 9.74. The molecule has 1 amide bonds. The highest BCUT2D eigenvalue weighted by atomic mass is 32.2. The number of piperidine rings is 1. The van der Waals surface area contributed by atoms with Gasteiger partial charge in [-0.1, -0.05) is 6.92 Å². The van der Waals surface area contributed by atoms with Crippen molar-refractivity contribution < 1.29 is 22.0 Å². The molecule has 5 nitrogen and oxygen atoms in total. The summed E-state index contributed by atoms with van der Waals surface area (Å²) in [4.78, 5) is 14.0. The molecule has 24 heavy (non-hydrogen) atoms. The van der Waals surface area contributed by atoms with E-state index < -0.39 is 21.7 Å². The topological polar surface area (TPSA) is 57.7 Å². The average molecular weight is 360 g/mol. The maximum Gasteiger partial charge on any atom is 0.232 e. The molecule has 134 valence electrons. The number of rotatable bonds is 5. The number of hydrogen-bond donors (Lipinski definition) is 0. The number of carbonyl (C=O) groups is 1. The third-order valence-electron chi connectivity index (χ3n) is 4.13. The molecule has 2 rings (SSSR count). The summed E-state index contributed by atoms with van der Waals surface area (Å²) in [6.45, 7) is 3.31. The van der Waals surface area contributed by atoms with E-state index in [1.54, 1.807) is 4.90 Å². The first kappa shape index (κ1) is 18.6. The van der Waals surface area contributed by atoms with Gasteiger partial charge in [-0.15, -0.1) is 0 Å². The Morgan fingerprint density at radius 2 is 2.04 bits per heavy atom. The van der Waals surface area contributed by atoms with Crippen molar-refractivity contribution in [2.24, 2.45) is 5.92 Å². The minimum atomic E-state index is -3.71. The molecule has 1 saturated heterocycles. The molecule has 1 unspecified atom stereocenters. The summed E-state index contributed by atoms with van der Waals surface area (Å²) in [7, 11) is -3.71. The lowest BCUT2D eigenvalue weighted by molar-refractivity contribution is -0.132. The van der Waals surface area contributed by atoms with Crippen molar-refractivity contribution in [1.29, 1.82) is 0 Å². The third-order valence-corrected chi connectivity index (χ3v) is 5.32. The molecule has 1 atom stereocenters. The molecule has 0 saturated carbocycles. The number of anilines is 1. The van der Waals surface area contributed by atoms with Gasteiger partial charge < -0.3 is 4.90 Å². The Hall–Kier alpha value is -1.70. The number of amides is 1. The van der Waals surface area contributed by atoms with Crippen LogP contribution in [0.2, 0.25) is 0 Å². The van der Waals surface area contributed by atoms with E-state index >= 15 is 0 Å². The Morgan fingerprint density at radius 3 is 2.62 bits per heavy atom. The smallest absolute Gasteiger partial charge is 0.232 e. The summed E-state index contributed by atoms with van der Waals surface area (Å²) in [5.41, 5.74) is 0.0104. The van der Waals surface area contributed by atoms with Crippen LogP contribution in [0.4, 0.5) is 14.5 Å². The molecule has 1 aromatic carbocycles. The predicted molar refractivity (Wildman–Crippen MR) is 88.1 cm³/mol. The molecular formula is C16H22F2N2O3S. The zero-order valence-electron chi connectivity index (χ0n) is 13.8. The summed E-state index contributed by atoms with van der Waals surface area (Å²) < 4.78 is 51.3. The van der Waals surface area contributed by atoms with Crippen LogP contribution < -0.4 is 4.31 Å². The molecule has 1 aliphatic rings. The second-order valence-electron chi connectivity index (χ2n) is 6.27. The number of sulfonamides is 1. The Labute approximate surface area is 141 Å². The van der Waals surface area contributed by atoms with Crippen molar-refractivity contribution in [2.75, 3.05) is 30.2 Å². The van der Waals surface area contributed by atoms with Gasteiger partial charge >= 0.3 is 0 Å². The summed E-state index contributed by atoms with van der Waals surface area (Å²) in [6, 6.07) is 2.88. The quantitative estimate of drug-likeness (QED) is 0.810. The largest absolute Gasteiger partial charge is 0.342 e. The van der Waals surface area contributed by atoms with Gasteiger partial charge in [-0.2, -0.15) is 0 Å². The number of halogens is 2. The first-order chi connectivity index (χ1) is 11.2. The van der Waals surface area contributed by atoms with Crippen molar-refractivity contribution in [3.05, 3.63) is 29.8 Å². The molecule has 8 heteroatoms. The summed E-state index contributed by atoms with van der Waals surface area (Å²) >= 11 is 0. The van der Waals surface area contributed by atoms with E-state index in [0.717, 1.165) is 35.5 Å². The van der Waals surface area contributed by atoms with Crippen LogP contribution in [0.25, 0.3) is 0 Å². The van der Waals surface area contributed by atoms with Crippen LogP contribution in [0.15, 0.2) is 18.2 Å². The van der Waals surface area contributed by atoms with Gasteiger partial charge in [-0.3, -0.25) is 9.10 Å². The maximum absolute atomic E-state index is 13.4. The summed E-state index contributed by atoms with van der Waals surface area (Å²) in [5, 5.41) is 0. The van der Waals surface area contributed by atoms with Crippen LogP contribution in [-0.4, -0.2) is 45.1 Å². The lowest BCUT2D eigenvalue weighted by Gasteiger charge is -2.31. The van der Waals surface area contributed by atoms with Crippen molar-refractivity contribution in [1.82, 2.24) is 4.90 Å². The van der Waals surface area contributed by atoms with Crippen molar-refractivity contribution in [3.8, 4) is 0 Å². The molecule has 0 bridgehead atoms. The Balaban J connectivity index is 2.09. The number of benzene rings is 1. The first-order valence-electron chi connectivity index (χ1n) is 7.89. The molecule has 1 fully saturated rings. The van der Waals surface area contributed by atoms with E-state index in [9.17, 15) is 22.0 Å². The van der Waals surface area contributed by atoms with Gasteiger partial charge in [0.05, 0.1) is 11.9 Å². The minimum absolute atomic E-state index is 0.00120. The molecule has 1 aliphatic heterocycles.